The molecule has 8 nitrogen and oxygen atoms in total. The second-order valence-electron chi connectivity index (χ2n) is 8.01. The van der Waals surface area contributed by atoms with Crippen molar-refractivity contribution in [2.75, 3.05) is 39.4 Å². The van der Waals surface area contributed by atoms with Gasteiger partial charge in [0.2, 0.25) is 0 Å². The Kier molecular flexibility index (Phi) is 8.73. The van der Waals surface area contributed by atoms with E-state index in [-0.39, 0.29) is 0 Å². The summed E-state index contributed by atoms with van der Waals surface area (Å²) in [7, 11) is 0. The average Bonchev–Trinajstić information content (AvgIpc) is 3.18. The number of aryl methyl sites for hydroxylation is 1. The van der Waals surface area contributed by atoms with E-state index in [1.807, 2.05) is 0 Å². The molecule has 1 atom stereocenters. The Bertz CT molecular complexity index is 635. The van der Waals surface area contributed by atoms with Gasteiger partial charge in [0, 0.05) is 45.2 Å². The van der Waals surface area contributed by atoms with Crippen LogP contribution in [0.1, 0.15) is 58.1 Å². The van der Waals surface area contributed by atoms with E-state index >= 15 is 0 Å². The summed E-state index contributed by atoms with van der Waals surface area (Å²) in [5, 5.41) is 15.7. The molecular weight excluding hydrogens is 366 g/mol. The number of nitrogens with zero attached hydrogens (tertiary/aromatic N) is 5. The SMILES string of the molecule is CCNC(=NCc1nnc2n1CCCC2)NCC(C(CC)CC)N1CCOCC1. The molecule has 0 saturated carbocycles. The summed E-state index contributed by atoms with van der Waals surface area (Å²) in [5.41, 5.74) is 0. The van der Waals surface area contributed by atoms with Gasteiger partial charge in [0.15, 0.2) is 11.8 Å². The van der Waals surface area contributed by atoms with Crippen LogP contribution < -0.4 is 10.6 Å². The summed E-state index contributed by atoms with van der Waals surface area (Å²) in [4.78, 5) is 7.41. The van der Waals surface area contributed by atoms with Crippen LogP contribution >= 0.6 is 0 Å². The standard InChI is InChI=1S/C21H39N7O/c1-4-17(5-2)18(27-11-13-29-14-12-27)15-23-21(22-6-3)24-16-20-26-25-19-9-7-8-10-28(19)20/h17-18H,4-16H2,1-3H3,(H2,22,23,24). The van der Waals surface area contributed by atoms with Gasteiger partial charge in [0.25, 0.3) is 0 Å². The van der Waals surface area contributed by atoms with Crippen LogP contribution in [0.2, 0.25) is 0 Å². The maximum Gasteiger partial charge on any atom is 0.191 e. The fraction of sp³-hybridized carbons (Fsp3) is 0.857. The van der Waals surface area contributed by atoms with Crippen molar-refractivity contribution in [2.45, 2.75) is 72.0 Å². The number of hydrogen-bond acceptors (Lipinski definition) is 5. The lowest BCUT2D eigenvalue weighted by atomic mass is 9.92. The van der Waals surface area contributed by atoms with Gasteiger partial charge >= 0.3 is 0 Å². The maximum atomic E-state index is 5.57. The van der Waals surface area contributed by atoms with E-state index in [4.69, 9.17) is 9.73 Å². The molecule has 2 aliphatic heterocycles. The molecule has 0 spiro atoms. The van der Waals surface area contributed by atoms with E-state index in [1.54, 1.807) is 0 Å². The highest BCUT2D eigenvalue weighted by Gasteiger charge is 2.27. The van der Waals surface area contributed by atoms with E-state index in [0.29, 0.717) is 18.5 Å². The van der Waals surface area contributed by atoms with Crippen LogP contribution in [-0.2, 0) is 24.2 Å². The van der Waals surface area contributed by atoms with Crippen molar-refractivity contribution in [2.24, 2.45) is 10.9 Å². The van der Waals surface area contributed by atoms with Crippen molar-refractivity contribution in [1.29, 1.82) is 0 Å². The molecule has 1 saturated heterocycles. The molecule has 2 N–H and O–H groups in total. The second-order valence-corrected chi connectivity index (χ2v) is 8.01. The lowest BCUT2D eigenvalue weighted by molar-refractivity contribution is 0.00272. The molecule has 8 heteroatoms. The maximum absolute atomic E-state index is 5.57. The van der Waals surface area contributed by atoms with Crippen LogP contribution in [0.3, 0.4) is 0 Å². The Morgan fingerprint density at radius 2 is 1.86 bits per heavy atom. The molecule has 29 heavy (non-hydrogen) atoms. The number of ether oxygens (including phenoxy) is 1. The lowest BCUT2D eigenvalue weighted by Gasteiger charge is -2.39. The van der Waals surface area contributed by atoms with Crippen molar-refractivity contribution in [3.8, 4) is 0 Å². The van der Waals surface area contributed by atoms with Gasteiger partial charge in [0.1, 0.15) is 12.4 Å². The Hall–Kier alpha value is -1.67. The summed E-state index contributed by atoms with van der Waals surface area (Å²) in [5.74, 6) is 3.62. The predicted octanol–water partition coefficient (Wildman–Crippen LogP) is 1.81. The zero-order chi connectivity index (χ0) is 20.5. The van der Waals surface area contributed by atoms with Crippen molar-refractivity contribution in [1.82, 2.24) is 30.3 Å². The molecule has 1 aromatic heterocycles. The van der Waals surface area contributed by atoms with Crippen molar-refractivity contribution in [3.63, 3.8) is 0 Å². The minimum atomic E-state index is 0.499. The summed E-state index contributed by atoms with van der Waals surface area (Å²) >= 11 is 0. The van der Waals surface area contributed by atoms with Gasteiger partial charge in [-0.1, -0.05) is 26.7 Å². The number of rotatable bonds is 9. The van der Waals surface area contributed by atoms with Crippen LogP contribution in [0.25, 0.3) is 0 Å². The molecule has 0 radical (unpaired) electrons. The molecule has 1 aromatic rings. The highest BCUT2D eigenvalue weighted by molar-refractivity contribution is 5.79. The zero-order valence-electron chi connectivity index (χ0n) is 18.5. The molecule has 1 unspecified atom stereocenters. The monoisotopic (exact) mass is 405 g/mol. The first-order chi connectivity index (χ1) is 14.3. The smallest absolute Gasteiger partial charge is 0.191 e. The van der Waals surface area contributed by atoms with Crippen LogP contribution in [0.4, 0.5) is 0 Å². The number of fused-ring (bicyclic) bond motifs is 1. The summed E-state index contributed by atoms with van der Waals surface area (Å²) in [6, 6.07) is 0.499. The van der Waals surface area contributed by atoms with Crippen molar-refractivity contribution in [3.05, 3.63) is 11.6 Å². The normalized spacial score (nSPS) is 19.2. The lowest BCUT2D eigenvalue weighted by Crippen LogP contribution is -2.53. The van der Waals surface area contributed by atoms with Gasteiger partial charge in [-0.05, 0) is 25.7 Å². The van der Waals surface area contributed by atoms with Gasteiger partial charge in [-0.15, -0.1) is 10.2 Å². The Morgan fingerprint density at radius 1 is 1.07 bits per heavy atom. The van der Waals surface area contributed by atoms with Crippen molar-refractivity contribution >= 4 is 5.96 Å². The number of nitrogens with one attached hydrogen (secondary N) is 2. The fourth-order valence-corrected chi connectivity index (χ4v) is 4.51. The summed E-state index contributed by atoms with van der Waals surface area (Å²) in [6.07, 6.45) is 5.84. The highest BCUT2D eigenvalue weighted by Crippen LogP contribution is 2.19. The van der Waals surface area contributed by atoms with Crippen LogP contribution in [0.5, 0.6) is 0 Å². The molecule has 0 amide bonds. The molecule has 1 fully saturated rings. The first kappa shape index (κ1) is 22.0. The first-order valence-electron chi connectivity index (χ1n) is 11.5. The zero-order valence-corrected chi connectivity index (χ0v) is 18.5. The third kappa shape index (κ3) is 5.92. The van der Waals surface area contributed by atoms with E-state index in [9.17, 15) is 0 Å². The van der Waals surface area contributed by atoms with E-state index in [1.165, 1.54) is 25.7 Å². The number of aromatic nitrogens is 3. The minimum absolute atomic E-state index is 0.499. The molecule has 0 bridgehead atoms. The van der Waals surface area contributed by atoms with Crippen LogP contribution in [-0.4, -0.2) is 71.1 Å². The van der Waals surface area contributed by atoms with E-state index in [0.717, 1.165) is 70.0 Å². The Labute approximate surface area is 175 Å². The predicted molar refractivity (Wildman–Crippen MR) is 116 cm³/mol. The third-order valence-corrected chi connectivity index (χ3v) is 6.25. The summed E-state index contributed by atoms with van der Waals surface area (Å²) in [6.45, 7) is 13.7. The Morgan fingerprint density at radius 3 is 2.59 bits per heavy atom. The van der Waals surface area contributed by atoms with Gasteiger partial charge in [0.05, 0.1) is 13.2 Å². The van der Waals surface area contributed by atoms with E-state index in [2.05, 4.69) is 51.1 Å². The quantitative estimate of drug-likeness (QED) is 0.482. The van der Waals surface area contributed by atoms with Crippen LogP contribution in [0.15, 0.2) is 4.99 Å². The number of guanidine groups is 1. The minimum Gasteiger partial charge on any atom is -0.379 e. The fourth-order valence-electron chi connectivity index (χ4n) is 4.51. The molecule has 3 rings (SSSR count). The first-order valence-corrected chi connectivity index (χ1v) is 11.5. The number of aliphatic imine (C=N–C) groups is 1. The van der Waals surface area contributed by atoms with Crippen LogP contribution in [0, 0.1) is 5.92 Å². The molecule has 0 aliphatic carbocycles. The average molecular weight is 406 g/mol. The largest absolute Gasteiger partial charge is 0.379 e. The third-order valence-electron chi connectivity index (χ3n) is 6.25. The second kappa shape index (κ2) is 11.5. The number of morpholine rings is 1. The highest BCUT2D eigenvalue weighted by atomic mass is 16.5. The van der Waals surface area contributed by atoms with Crippen molar-refractivity contribution < 1.29 is 4.74 Å². The summed E-state index contributed by atoms with van der Waals surface area (Å²) < 4.78 is 7.82. The Balaban J connectivity index is 1.64. The number of hydrogen-bond donors (Lipinski definition) is 2. The van der Waals surface area contributed by atoms with Gasteiger partial charge < -0.3 is 19.9 Å². The van der Waals surface area contributed by atoms with Gasteiger partial charge in [-0.3, -0.25) is 4.90 Å². The van der Waals surface area contributed by atoms with Gasteiger partial charge in [-0.2, -0.15) is 0 Å². The molecule has 3 heterocycles. The molecular formula is C21H39N7O. The van der Waals surface area contributed by atoms with E-state index < -0.39 is 0 Å². The molecule has 164 valence electrons. The van der Waals surface area contributed by atoms with Gasteiger partial charge in [-0.25, -0.2) is 4.99 Å². The molecule has 2 aliphatic rings. The molecule has 0 aromatic carbocycles. The topological polar surface area (TPSA) is 79.6 Å².